The Hall–Kier alpha value is -3.90. The number of para-hydroxylation sites is 1. The molecule has 1 aliphatic heterocycles. The van der Waals surface area contributed by atoms with Gasteiger partial charge >= 0.3 is 0 Å². The fourth-order valence-electron chi connectivity index (χ4n) is 3.90. The van der Waals surface area contributed by atoms with Crippen molar-refractivity contribution in [2.45, 2.75) is 12.8 Å². The van der Waals surface area contributed by atoms with Crippen LogP contribution in [0.15, 0.2) is 36.4 Å². The smallest absolute Gasteiger partial charge is 0.151 e. The first-order valence-corrected chi connectivity index (χ1v) is 9.70. The van der Waals surface area contributed by atoms with Crippen LogP contribution in [-0.4, -0.2) is 43.5 Å². The minimum atomic E-state index is 0.0853. The lowest BCUT2D eigenvalue weighted by Crippen LogP contribution is -2.41. The van der Waals surface area contributed by atoms with Crippen LogP contribution in [0.3, 0.4) is 0 Å². The second kappa shape index (κ2) is 9.07. The monoisotopic (exact) mass is 397 g/mol. The fraction of sp³-hybridized carbons (Fsp3) is 0.250. The zero-order valence-electron chi connectivity index (χ0n) is 16.9. The van der Waals surface area contributed by atoms with Crippen molar-refractivity contribution < 1.29 is 4.79 Å². The van der Waals surface area contributed by atoms with E-state index in [-0.39, 0.29) is 5.92 Å². The summed E-state index contributed by atoms with van der Waals surface area (Å²) in [5.41, 5.74) is 4.13. The summed E-state index contributed by atoms with van der Waals surface area (Å²) < 4.78 is 0. The summed E-state index contributed by atoms with van der Waals surface area (Å²) in [6.07, 6.45) is 8.93. The van der Waals surface area contributed by atoms with Crippen LogP contribution in [0.4, 0.5) is 5.69 Å². The number of rotatable bonds is 5. The standard InChI is InChI=1S/C24H23N5O/c1-3-17-7-8-19(13-21(17)15-30)22-6-4-5-20(14-25)23(22)29-11-9-18(10-12-29)24(27)28(2)16-26/h1,4-8,13,15-16,18,26-27H,9-12H2,2H3. The molecule has 0 bridgehead atoms. The Morgan fingerprint density at radius 3 is 2.60 bits per heavy atom. The van der Waals surface area contributed by atoms with Gasteiger partial charge in [0.25, 0.3) is 0 Å². The number of hydrogen-bond donors (Lipinski definition) is 2. The molecule has 1 aliphatic rings. The number of piperidine rings is 1. The average Bonchev–Trinajstić information content (AvgIpc) is 2.82. The molecule has 150 valence electrons. The van der Waals surface area contributed by atoms with Crippen molar-refractivity contribution in [2.24, 2.45) is 5.92 Å². The normalized spacial score (nSPS) is 13.8. The molecule has 1 fully saturated rings. The van der Waals surface area contributed by atoms with E-state index < -0.39 is 0 Å². The van der Waals surface area contributed by atoms with Crippen LogP contribution in [0.5, 0.6) is 0 Å². The van der Waals surface area contributed by atoms with Gasteiger partial charge in [0.2, 0.25) is 0 Å². The minimum absolute atomic E-state index is 0.0853. The first-order valence-electron chi connectivity index (χ1n) is 9.70. The molecule has 0 unspecified atom stereocenters. The highest BCUT2D eigenvalue weighted by Crippen LogP contribution is 2.37. The van der Waals surface area contributed by atoms with Gasteiger partial charge in [-0.25, -0.2) is 0 Å². The molecule has 2 aromatic carbocycles. The first-order chi connectivity index (χ1) is 14.5. The van der Waals surface area contributed by atoms with Gasteiger partial charge in [-0.2, -0.15) is 5.26 Å². The van der Waals surface area contributed by atoms with Gasteiger partial charge in [-0.15, -0.1) is 6.42 Å². The van der Waals surface area contributed by atoms with E-state index in [4.69, 9.17) is 17.2 Å². The van der Waals surface area contributed by atoms with Gasteiger partial charge in [-0.3, -0.25) is 15.6 Å². The van der Waals surface area contributed by atoms with Crippen LogP contribution in [0.2, 0.25) is 0 Å². The Balaban J connectivity index is 1.96. The molecule has 0 radical (unpaired) electrons. The van der Waals surface area contributed by atoms with Crippen molar-refractivity contribution >= 4 is 24.1 Å². The molecule has 30 heavy (non-hydrogen) atoms. The summed E-state index contributed by atoms with van der Waals surface area (Å²) >= 11 is 0. The van der Waals surface area contributed by atoms with E-state index in [1.807, 2.05) is 18.2 Å². The number of terminal acetylenes is 1. The number of nitrogens with zero attached hydrogens (tertiary/aromatic N) is 3. The molecule has 6 nitrogen and oxygen atoms in total. The Morgan fingerprint density at radius 2 is 2.00 bits per heavy atom. The lowest BCUT2D eigenvalue weighted by Gasteiger charge is -2.36. The Labute approximate surface area is 176 Å². The van der Waals surface area contributed by atoms with E-state index in [0.717, 1.165) is 42.3 Å². The summed E-state index contributed by atoms with van der Waals surface area (Å²) in [5.74, 6) is 3.05. The van der Waals surface area contributed by atoms with Gasteiger partial charge in [-0.05, 0) is 36.6 Å². The number of carbonyl (C=O) groups is 1. The Kier molecular flexibility index (Phi) is 6.29. The molecule has 0 amide bonds. The topological polar surface area (TPSA) is 95.0 Å². The number of aldehydes is 1. The van der Waals surface area contributed by atoms with E-state index in [1.54, 1.807) is 25.2 Å². The number of benzene rings is 2. The summed E-state index contributed by atoms with van der Waals surface area (Å²) in [6, 6.07) is 13.3. The molecule has 2 N–H and O–H groups in total. The van der Waals surface area contributed by atoms with Crippen LogP contribution in [0.25, 0.3) is 11.1 Å². The number of nitrogens with one attached hydrogen (secondary N) is 2. The summed E-state index contributed by atoms with van der Waals surface area (Å²) in [4.78, 5) is 15.2. The molecular formula is C24H23N5O. The third kappa shape index (κ3) is 3.94. The van der Waals surface area contributed by atoms with Gasteiger partial charge in [-0.1, -0.05) is 24.1 Å². The van der Waals surface area contributed by atoms with Crippen molar-refractivity contribution in [1.82, 2.24) is 4.90 Å². The first kappa shape index (κ1) is 20.8. The van der Waals surface area contributed by atoms with Crippen molar-refractivity contribution in [3.8, 4) is 29.5 Å². The SMILES string of the molecule is C#Cc1ccc(-c2cccc(C#N)c2N2CCC(C(=N)N(C)C=N)CC2)cc1C=O. The number of nitriles is 1. The van der Waals surface area contributed by atoms with Crippen LogP contribution >= 0.6 is 0 Å². The minimum Gasteiger partial charge on any atom is -0.370 e. The van der Waals surface area contributed by atoms with Crippen molar-refractivity contribution in [2.75, 3.05) is 25.0 Å². The van der Waals surface area contributed by atoms with Crippen molar-refractivity contribution in [1.29, 1.82) is 16.1 Å². The van der Waals surface area contributed by atoms with Crippen LogP contribution in [0, 0.1) is 40.4 Å². The quantitative estimate of drug-likeness (QED) is 0.348. The number of anilines is 1. The highest BCUT2D eigenvalue weighted by Gasteiger charge is 2.27. The third-order valence-electron chi connectivity index (χ3n) is 5.57. The zero-order chi connectivity index (χ0) is 21.7. The van der Waals surface area contributed by atoms with E-state index in [0.29, 0.717) is 35.6 Å². The van der Waals surface area contributed by atoms with Gasteiger partial charge in [0.15, 0.2) is 6.29 Å². The average molecular weight is 397 g/mol. The molecule has 0 aromatic heterocycles. The molecule has 1 saturated heterocycles. The summed E-state index contributed by atoms with van der Waals surface area (Å²) in [5, 5.41) is 25.3. The van der Waals surface area contributed by atoms with Crippen LogP contribution in [-0.2, 0) is 0 Å². The predicted molar refractivity (Wildman–Crippen MR) is 119 cm³/mol. The molecule has 0 saturated carbocycles. The molecule has 0 atom stereocenters. The van der Waals surface area contributed by atoms with E-state index in [2.05, 4.69) is 16.9 Å². The maximum atomic E-state index is 11.5. The van der Waals surface area contributed by atoms with Gasteiger partial charge in [0, 0.05) is 42.7 Å². The number of amidine groups is 1. The predicted octanol–water partition coefficient (Wildman–Crippen LogP) is 3.75. The molecule has 1 heterocycles. The summed E-state index contributed by atoms with van der Waals surface area (Å²) in [7, 11) is 1.72. The Bertz CT molecular complexity index is 1070. The van der Waals surface area contributed by atoms with Crippen LogP contribution in [0.1, 0.15) is 34.3 Å². The van der Waals surface area contributed by atoms with Crippen molar-refractivity contribution in [3.05, 3.63) is 53.1 Å². The van der Waals surface area contributed by atoms with Gasteiger partial charge in [0.05, 0.1) is 17.6 Å². The maximum Gasteiger partial charge on any atom is 0.151 e. The molecule has 2 aromatic rings. The fourth-order valence-corrected chi connectivity index (χ4v) is 3.90. The maximum absolute atomic E-state index is 11.5. The molecule has 0 spiro atoms. The lowest BCUT2D eigenvalue weighted by atomic mass is 9.91. The Morgan fingerprint density at radius 1 is 1.27 bits per heavy atom. The second-order valence-corrected chi connectivity index (χ2v) is 7.26. The molecule has 0 aliphatic carbocycles. The highest BCUT2D eigenvalue weighted by atomic mass is 16.1. The molecule has 3 rings (SSSR count). The largest absolute Gasteiger partial charge is 0.370 e. The summed E-state index contributed by atoms with van der Waals surface area (Å²) in [6.45, 7) is 1.40. The van der Waals surface area contributed by atoms with E-state index >= 15 is 0 Å². The third-order valence-corrected chi connectivity index (χ3v) is 5.57. The highest BCUT2D eigenvalue weighted by molar-refractivity contribution is 5.91. The van der Waals surface area contributed by atoms with E-state index in [9.17, 15) is 10.1 Å². The number of hydrogen-bond acceptors (Lipinski definition) is 5. The molecule has 6 heteroatoms. The van der Waals surface area contributed by atoms with Crippen molar-refractivity contribution in [3.63, 3.8) is 0 Å². The van der Waals surface area contributed by atoms with Gasteiger partial charge in [0.1, 0.15) is 11.9 Å². The second-order valence-electron chi connectivity index (χ2n) is 7.26. The van der Waals surface area contributed by atoms with Crippen LogP contribution < -0.4 is 4.90 Å². The zero-order valence-corrected chi connectivity index (χ0v) is 16.9. The van der Waals surface area contributed by atoms with E-state index in [1.165, 1.54) is 4.90 Å². The molecular weight excluding hydrogens is 374 g/mol. The number of carbonyl (C=O) groups excluding carboxylic acids is 1. The van der Waals surface area contributed by atoms with Gasteiger partial charge < -0.3 is 9.80 Å². The lowest BCUT2D eigenvalue weighted by molar-refractivity contribution is 0.112.